The zero-order valence-corrected chi connectivity index (χ0v) is 15.9. The van der Waals surface area contributed by atoms with Gasteiger partial charge >= 0.3 is 5.97 Å². The van der Waals surface area contributed by atoms with Gasteiger partial charge in [0.05, 0.1) is 13.7 Å². The molecule has 8 heteroatoms. The predicted molar refractivity (Wildman–Crippen MR) is 99.9 cm³/mol. The topological polar surface area (TPSA) is 65.1 Å². The summed E-state index contributed by atoms with van der Waals surface area (Å²) >= 11 is 5.82. The maximum Gasteiger partial charge on any atom is 0.328 e. The zero-order valence-electron chi connectivity index (χ0n) is 15.1. The van der Waals surface area contributed by atoms with Crippen LogP contribution in [0.2, 0.25) is 5.02 Å². The van der Waals surface area contributed by atoms with Gasteiger partial charge in [0.1, 0.15) is 17.9 Å². The molecule has 1 heterocycles. The van der Waals surface area contributed by atoms with E-state index in [9.17, 15) is 14.0 Å². The smallest absolute Gasteiger partial charge is 0.328 e. The number of ether oxygens (including phenoxy) is 3. The number of methoxy groups -OCH3 is 1. The quantitative estimate of drug-likeness (QED) is 0.688. The molecule has 148 valence electrons. The van der Waals surface area contributed by atoms with E-state index in [1.165, 1.54) is 24.1 Å². The van der Waals surface area contributed by atoms with E-state index in [0.717, 1.165) is 0 Å². The van der Waals surface area contributed by atoms with Gasteiger partial charge in [0.25, 0.3) is 5.91 Å². The van der Waals surface area contributed by atoms with Crippen LogP contribution in [0.15, 0.2) is 48.5 Å². The molecule has 0 bridgehead atoms. The number of rotatable bonds is 6. The molecule has 0 saturated carbocycles. The van der Waals surface area contributed by atoms with Crippen molar-refractivity contribution in [2.45, 2.75) is 18.6 Å². The number of para-hydroxylation sites is 1. The van der Waals surface area contributed by atoms with Crippen LogP contribution < -0.4 is 9.47 Å². The summed E-state index contributed by atoms with van der Waals surface area (Å²) in [5.74, 6) is -0.911. The Hall–Kier alpha value is -2.80. The molecule has 28 heavy (non-hydrogen) atoms. The second-order valence-electron chi connectivity index (χ2n) is 6.23. The summed E-state index contributed by atoms with van der Waals surface area (Å²) in [4.78, 5) is 26.1. The highest BCUT2D eigenvalue weighted by molar-refractivity contribution is 6.30. The molecule has 1 fully saturated rings. The van der Waals surface area contributed by atoms with Crippen molar-refractivity contribution in [2.24, 2.45) is 0 Å². The van der Waals surface area contributed by atoms with E-state index in [2.05, 4.69) is 0 Å². The molecular weight excluding hydrogens is 389 g/mol. The molecule has 1 saturated heterocycles. The highest BCUT2D eigenvalue weighted by atomic mass is 35.5. The summed E-state index contributed by atoms with van der Waals surface area (Å²) in [6, 6.07) is 11.7. The summed E-state index contributed by atoms with van der Waals surface area (Å²) in [5, 5.41) is 0.553. The average molecular weight is 408 g/mol. The van der Waals surface area contributed by atoms with Crippen molar-refractivity contribution in [3.8, 4) is 11.5 Å². The van der Waals surface area contributed by atoms with E-state index in [1.54, 1.807) is 36.4 Å². The molecule has 1 aliphatic heterocycles. The maximum absolute atomic E-state index is 13.8. The highest BCUT2D eigenvalue weighted by Crippen LogP contribution is 2.26. The molecule has 2 aromatic carbocycles. The Morgan fingerprint density at radius 2 is 1.89 bits per heavy atom. The van der Waals surface area contributed by atoms with Gasteiger partial charge in [-0.3, -0.25) is 4.79 Å². The second-order valence-corrected chi connectivity index (χ2v) is 6.67. The lowest BCUT2D eigenvalue weighted by Crippen LogP contribution is -2.43. The number of hydrogen-bond donors (Lipinski definition) is 0. The van der Waals surface area contributed by atoms with Gasteiger partial charge in [0.2, 0.25) is 0 Å². The van der Waals surface area contributed by atoms with Gasteiger partial charge in [0.15, 0.2) is 18.2 Å². The monoisotopic (exact) mass is 407 g/mol. The van der Waals surface area contributed by atoms with Crippen LogP contribution in [-0.4, -0.2) is 49.2 Å². The zero-order chi connectivity index (χ0) is 20.1. The molecule has 2 unspecified atom stereocenters. The number of benzene rings is 2. The number of hydrogen-bond acceptors (Lipinski definition) is 5. The largest absolute Gasteiger partial charge is 0.485 e. The molecule has 1 amide bonds. The first-order valence-electron chi connectivity index (χ1n) is 8.64. The van der Waals surface area contributed by atoms with E-state index in [-0.39, 0.29) is 25.3 Å². The van der Waals surface area contributed by atoms with Crippen molar-refractivity contribution < 1.29 is 28.2 Å². The molecule has 6 nitrogen and oxygen atoms in total. The lowest BCUT2D eigenvalue weighted by Gasteiger charge is -2.22. The van der Waals surface area contributed by atoms with Crippen LogP contribution >= 0.6 is 11.6 Å². The molecule has 3 rings (SSSR count). The van der Waals surface area contributed by atoms with Crippen LogP contribution in [0.25, 0.3) is 0 Å². The summed E-state index contributed by atoms with van der Waals surface area (Å²) in [7, 11) is 1.25. The normalized spacial score (nSPS) is 18.6. The Labute approximate surface area is 166 Å². The highest BCUT2D eigenvalue weighted by Gasteiger charge is 2.41. The van der Waals surface area contributed by atoms with Crippen molar-refractivity contribution in [1.82, 2.24) is 4.90 Å². The number of carbonyl (C=O) groups excluding carboxylic acids is 2. The van der Waals surface area contributed by atoms with E-state index >= 15 is 0 Å². The Balaban J connectivity index is 1.66. The summed E-state index contributed by atoms with van der Waals surface area (Å²) < 4.78 is 29.7. The molecule has 1 aliphatic rings. The van der Waals surface area contributed by atoms with Gasteiger partial charge in [-0.15, -0.1) is 0 Å². The first-order valence-corrected chi connectivity index (χ1v) is 9.02. The third-order valence-corrected chi connectivity index (χ3v) is 4.61. The fourth-order valence-electron chi connectivity index (χ4n) is 3.00. The molecule has 0 aliphatic carbocycles. The number of likely N-dealkylation sites (tertiary alicyclic amines) is 1. The predicted octanol–water partition coefficient (Wildman–Crippen LogP) is 3.08. The minimum Gasteiger partial charge on any atom is -0.485 e. The number of nitrogens with zero attached hydrogens (tertiary/aromatic N) is 1. The lowest BCUT2D eigenvalue weighted by atomic mass is 10.2. The Morgan fingerprint density at radius 1 is 1.18 bits per heavy atom. The fourth-order valence-corrected chi connectivity index (χ4v) is 3.12. The van der Waals surface area contributed by atoms with E-state index in [1.807, 2.05) is 0 Å². The van der Waals surface area contributed by atoms with Gasteiger partial charge in [-0.1, -0.05) is 23.7 Å². The summed E-state index contributed by atoms with van der Waals surface area (Å²) in [5.41, 5.74) is 0. The minimum atomic E-state index is -0.817. The van der Waals surface area contributed by atoms with Crippen LogP contribution in [0.5, 0.6) is 11.5 Å². The van der Waals surface area contributed by atoms with Crippen LogP contribution in [0.3, 0.4) is 0 Å². The summed E-state index contributed by atoms with van der Waals surface area (Å²) in [6.07, 6.45) is -0.339. The third kappa shape index (κ3) is 4.72. The van der Waals surface area contributed by atoms with Crippen LogP contribution in [0.4, 0.5) is 4.39 Å². The number of esters is 1. The first-order chi connectivity index (χ1) is 13.5. The Morgan fingerprint density at radius 3 is 2.57 bits per heavy atom. The number of carbonyl (C=O) groups is 2. The van der Waals surface area contributed by atoms with E-state index in [0.29, 0.717) is 10.8 Å². The number of amides is 1. The van der Waals surface area contributed by atoms with Gasteiger partial charge in [-0.25, -0.2) is 9.18 Å². The van der Waals surface area contributed by atoms with Crippen molar-refractivity contribution in [3.05, 3.63) is 59.4 Å². The molecule has 0 radical (unpaired) electrons. The van der Waals surface area contributed by atoms with Gasteiger partial charge in [0, 0.05) is 11.4 Å². The first kappa shape index (κ1) is 19.9. The van der Waals surface area contributed by atoms with Gasteiger partial charge in [-0.05, 0) is 36.4 Å². The molecular formula is C20H19ClFNO5. The standard InChI is InChI=1S/C20H19ClFNO5/c1-26-20(25)17-10-15(28-18-5-3-2-4-16(18)22)11-23(17)19(24)12-27-14-8-6-13(21)7-9-14/h2-9,15,17H,10-12H2,1H3. The fraction of sp³-hybridized carbons (Fsp3) is 0.300. The maximum atomic E-state index is 13.8. The molecule has 0 aromatic heterocycles. The Kier molecular flexibility index (Phi) is 6.36. The third-order valence-electron chi connectivity index (χ3n) is 4.36. The Bertz CT molecular complexity index is 845. The van der Waals surface area contributed by atoms with E-state index in [4.69, 9.17) is 25.8 Å². The van der Waals surface area contributed by atoms with Crippen molar-refractivity contribution >= 4 is 23.5 Å². The second kappa shape index (κ2) is 8.93. The average Bonchev–Trinajstić information content (AvgIpc) is 3.12. The summed E-state index contributed by atoms with van der Waals surface area (Å²) in [6.45, 7) is -0.140. The van der Waals surface area contributed by atoms with Gasteiger partial charge < -0.3 is 19.1 Å². The van der Waals surface area contributed by atoms with Crippen LogP contribution in [-0.2, 0) is 14.3 Å². The van der Waals surface area contributed by atoms with Crippen molar-refractivity contribution in [1.29, 1.82) is 0 Å². The van der Waals surface area contributed by atoms with Crippen LogP contribution in [0.1, 0.15) is 6.42 Å². The number of halogens is 2. The van der Waals surface area contributed by atoms with Gasteiger partial charge in [-0.2, -0.15) is 0 Å². The molecule has 0 N–H and O–H groups in total. The lowest BCUT2D eigenvalue weighted by molar-refractivity contribution is -0.151. The molecule has 2 aromatic rings. The molecule has 0 spiro atoms. The van der Waals surface area contributed by atoms with E-state index < -0.39 is 29.8 Å². The van der Waals surface area contributed by atoms with Crippen molar-refractivity contribution in [2.75, 3.05) is 20.3 Å². The minimum absolute atomic E-state index is 0.0721. The SMILES string of the molecule is COC(=O)C1CC(Oc2ccccc2F)CN1C(=O)COc1ccc(Cl)cc1. The van der Waals surface area contributed by atoms with Crippen LogP contribution in [0, 0.1) is 5.82 Å². The van der Waals surface area contributed by atoms with Crippen molar-refractivity contribution in [3.63, 3.8) is 0 Å². The molecule has 2 atom stereocenters.